The Labute approximate surface area is 257 Å². The van der Waals surface area contributed by atoms with E-state index in [1.54, 1.807) is 0 Å². The molecule has 1 aliphatic rings. The van der Waals surface area contributed by atoms with Crippen LogP contribution in [-0.2, 0) is 38.6 Å². The summed E-state index contributed by atoms with van der Waals surface area (Å²) < 4.78 is 13.2. The predicted molar refractivity (Wildman–Crippen MR) is 171 cm³/mol. The third kappa shape index (κ3) is 6.10. The van der Waals surface area contributed by atoms with Crippen LogP contribution < -0.4 is 0 Å². The van der Waals surface area contributed by atoms with Gasteiger partial charge in [-0.1, -0.05) is 72.8 Å². The van der Waals surface area contributed by atoms with Crippen molar-refractivity contribution < 1.29 is 24.2 Å². The molecule has 1 unspecified atom stereocenters. The molecule has 1 atom stereocenters. The molecule has 1 aliphatic heterocycles. The highest BCUT2D eigenvalue weighted by atomic mass is 16.5. The molecule has 3 heterocycles. The lowest BCUT2D eigenvalue weighted by atomic mass is 9.81. The number of esters is 1. The number of hydrogen-bond acceptors (Lipinski definition) is 5. The van der Waals surface area contributed by atoms with Crippen LogP contribution >= 0.6 is 0 Å². The summed E-state index contributed by atoms with van der Waals surface area (Å²) in [6.07, 6.45) is 2.38. The van der Waals surface area contributed by atoms with Crippen LogP contribution in [0.15, 0.2) is 78.9 Å². The van der Waals surface area contributed by atoms with E-state index in [0.29, 0.717) is 26.2 Å². The number of aliphatic carboxylic acids is 1. The lowest BCUT2D eigenvalue weighted by molar-refractivity contribution is -0.145. The summed E-state index contributed by atoms with van der Waals surface area (Å²) in [7, 11) is 0. The van der Waals surface area contributed by atoms with Gasteiger partial charge in [0, 0.05) is 42.6 Å². The molecule has 0 aliphatic carbocycles. The normalized spacial score (nSPS) is 14.6. The highest BCUT2D eigenvalue weighted by Crippen LogP contribution is 2.35. The number of carboxylic acids is 1. The van der Waals surface area contributed by atoms with E-state index in [4.69, 9.17) is 14.5 Å². The molecule has 3 aromatic carbocycles. The molecule has 0 spiro atoms. The van der Waals surface area contributed by atoms with E-state index >= 15 is 0 Å². The Bertz CT molecular complexity index is 1790. The van der Waals surface area contributed by atoms with Crippen molar-refractivity contribution >= 4 is 33.9 Å². The Morgan fingerprint density at radius 3 is 2.39 bits per heavy atom. The molecule has 2 aromatic heterocycles. The number of nitrogens with zero attached hydrogens (tertiary/aromatic N) is 2. The molecule has 0 saturated carbocycles. The van der Waals surface area contributed by atoms with Gasteiger partial charge in [-0.05, 0) is 72.9 Å². The van der Waals surface area contributed by atoms with Gasteiger partial charge in [-0.15, -0.1) is 0 Å². The van der Waals surface area contributed by atoms with Crippen LogP contribution in [0.5, 0.6) is 0 Å². The molecule has 1 N–H and O–H groups in total. The molecule has 226 valence electrons. The fourth-order valence-electron chi connectivity index (χ4n) is 6.67. The summed E-state index contributed by atoms with van der Waals surface area (Å²) in [5, 5.41) is 12.3. The molecule has 7 nitrogen and oxygen atoms in total. The highest BCUT2D eigenvalue weighted by molar-refractivity contribution is 6.08. The number of aromatic nitrogens is 2. The number of pyridine rings is 1. The van der Waals surface area contributed by atoms with E-state index in [1.165, 1.54) is 0 Å². The van der Waals surface area contributed by atoms with Gasteiger partial charge < -0.3 is 19.1 Å². The zero-order valence-corrected chi connectivity index (χ0v) is 25.3. The number of hydrogen-bond donors (Lipinski definition) is 1. The number of ether oxygens (including phenoxy) is 2. The zero-order chi connectivity index (χ0) is 30.6. The number of fused-ring (bicyclic) bond motifs is 3. The molecule has 1 saturated heterocycles. The number of carboxylic acid groups (broad SMARTS) is 1. The van der Waals surface area contributed by atoms with Gasteiger partial charge in [0.05, 0.1) is 11.4 Å². The van der Waals surface area contributed by atoms with E-state index < -0.39 is 11.9 Å². The Hall–Kier alpha value is -4.49. The average molecular weight is 591 g/mol. The fraction of sp³-hybridized carbons (Fsp3) is 0.324. The SMILES string of the molecule is Cc1nc2c(c(C)c1CCC(=O)OCc1ccccc1)c1ccccc1n2Cc1ccc(C(C(=O)O)C2CCOCC2)cc1. The van der Waals surface area contributed by atoms with E-state index in [0.717, 1.165) is 68.3 Å². The second kappa shape index (κ2) is 13.0. The van der Waals surface area contributed by atoms with Crippen LogP contribution in [0.4, 0.5) is 0 Å². The Morgan fingerprint density at radius 1 is 0.955 bits per heavy atom. The van der Waals surface area contributed by atoms with Crippen molar-refractivity contribution in [1.29, 1.82) is 0 Å². The van der Waals surface area contributed by atoms with Crippen molar-refractivity contribution in [3.05, 3.63) is 112 Å². The summed E-state index contributed by atoms with van der Waals surface area (Å²) in [5.41, 5.74) is 8.01. The molecule has 5 aromatic rings. The monoisotopic (exact) mass is 590 g/mol. The van der Waals surface area contributed by atoms with E-state index in [-0.39, 0.29) is 24.9 Å². The van der Waals surface area contributed by atoms with Crippen LogP contribution in [0, 0.1) is 19.8 Å². The van der Waals surface area contributed by atoms with Crippen LogP contribution in [0.1, 0.15) is 58.7 Å². The molecule has 1 fully saturated rings. The van der Waals surface area contributed by atoms with Crippen LogP contribution in [0.3, 0.4) is 0 Å². The van der Waals surface area contributed by atoms with Gasteiger partial charge in [0.1, 0.15) is 12.3 Å². The van der Waals surface area contributed by atoms with Gasteiger partial charge in [0.25, 0.3) is 0 Å². The standard InChI is InChI=1S/C37H38N2O5/c1-24-30(16-17-33(40)44-23-27-8-4-3-5-9-27)25(2)38-36-34(24)31-10-6-7-11-32(31)39(36)22-26-12-14-28(15-13-26)35(37(41)42)29-18-20-43-21-19-29/h3-15,29,35H,16-23H2,1-2H3,(H,41,42). The summed E-state index contributed by atoms with van der Waals surface area (Å²) in [5.74, 6) is -1.44. The topological polar surface area (TPSA) is 90.7 Å². The molecule has 0 bridgehead atoms. The third-order valence-corrected chi connectivity index (χ3v) is 8.99. The lowest BCUT2D eigenvalue weighted by Gasteiger charge is -2.28. The first kappa shape index (κ1) is 29.6. The molecule has 0 radical (unpaired) electrons. The minimum absolute atomic E-state index is 0.0829. The summed E-state index contributed by atoms with van der Waals surface area (Å²) in [6, 6.07) is 26.1. The smallest absolute Gasteiger partial charge is 0.311 e. The lowest BCUT2D eigenvalue weighted by Crippen LogP contribution is -2.27. The predicted octanol–water partition coefficient (Wildman–Crippen LogP) is 7.13. The first-order chi connectivity index (χ1) is 21.4. The van der Waals surface area contributed by atoms with Gasteiger partial charge in [-0.2, -0.15) is 0 Å². The van der Waals surface area contributed by atoms with Crippen molar-refractivity contribution in [2.75, 3.05) is 13.2 Å². The van der Waals surface area contributed by atoms with Gasteiger partial charge in [-0.3, -0.25) is 9.59 Å². The Kier molecular flexibility index (Phi) is 8.75. The minimum Gasteiger partial charge on any atom is -0.481 e. The maximum atomic E-state index is 12.6. The average Bonchev–Trinajstić information content (AvgIpc) is 3.34. The second-order valence-electron chi connectivity index (χ2n) is 11.8. The van der Waals surface area contributed by atoms with Crippen molar-refractivity contribution in [3.63, 3.8) is 0 Å². The quantitative estimate of drug-likeness (QED) is 0.174. The Balaban J connectivity index is 1.25. The van der Waals surface area contributed by atoms with Crippen LogP contribution in [-0.4, -0.2) is 39.8 Å². The molecular weight excluding hydrogens is 552 g/mol. The van der Waals surface area contributed by atoms with Crippen molar-refractivity contribution in [3.8, 4) is 0 Å². The van der Waals surface area contributed by atoms with Crippen LogP contribution in [0.25, 0.3) is 21.9 Å². The van der Waals surface area contributed by atoms with Gasteiger partial charge >= 0.3 is 11.9 Å². The first-order valence-corrected chi connectivity index (χ1v) is 15.4. The van der Waals surface area contributed by atoms with Gasteiger partial charge in [0.2, 0.25) is 0 Å². The van der Waals surface area contributed by atoms with Gasteiger partial charge in [-0.25, -0.2) is 4.98 Å². The number of aryl methyl sites for hydroxylation is 2. The number of rotatable bonds is 10. The third-order valence-electron chi connectivity index (χ3n) is 8.99. The summed E-state index contributed by atoms with van der Waals surface area (Å²) in [6.45, 7) is 6.25. The number of para-hydroxylation sites is 1. The largest absolute Gasteiger partial charge is 0.481 e. The molecule has 0 amide bonds. The first-order valence-electron chi connectivity index (χ1n) is 15.4. The van der Waals surface area contributed by atoms with Crippen molar-refractivity contribution in [2.45, 2.75) is 58.6 Å². The van der Waals surface area contributed by atoms with E-state index in [9.17, 15) is 14.7 Å². The van der Waals surface area contributed by atoms with E-state index in [1.807, 2.05) is 73.7 Å². The number of benzene rings is 3. The summed E-state index contributed by atoms with van der Waals surface area (Å²) >= 11 is 0. The molecule has 6 rings (SSSR count). The van der Waals surface area contributed by atoms with Gasteiger partial charge in [0.15, 0.2) is 0 Å². The maximum absolute atomic E-state index is 12.6. The Morgan fingerprint density at radius 2 is 1.66 bits per heavy atom. The minimum atomic E-state index is -0.776. The highest BCUT2D eigenvalue weighted by Gasteiger charge is 2.31. The number of carbonyl (C=O) groups is 2. The molecule has 44 heavy (non-hydrogen) atoms. The summed E-state index contributed by atoms with van der Waals surface area (Å²) in [4.78, 5) is 29.9. The number of carbonyl (C=O) groups excluding carboxylic acids is 1. The molecule has 7 heteroatoms. The maximum Gasteiger partial charge on any atom is 0.311 e. The zero-order valence-electron chi connectivity index (χ0n) is 25.3. The second-order valence-corrected chi connectivity index (χ2v) is 11.8. The fourth-order valence-corrected chi connectivity index (χ4v) is 6.67. The molecular formula is C37H38N2O5. The van der Waals surface area contributed by atoms with Crippen molar-refractivity contribution in [2.24, 2.45) is 5.92 Å². The van der Waals surface area contributed by atoms with Crippen molar-refractivity contribution in [1.82, 2.24) is 9.55 Å². The van der Waals surface area contributed by atoms with E-state index in [2.05, 4.69) is 23.6 Å². The van der Waals surface area contributed by atoms with Crippen LogP contribution in [0.2, 0.25) is 0 Å².